The monoisotopic (exact) mass is 252 g/mol. The lowest BCUT2D eigenvalue weighted by Crippen LogP contribution is -1.97. The summed E-state index contributed by atoms with van der Waals surface area (Å²) in [5, 5.41) is 0. The molecule has 0 aliphatic heterocycles. The van der Waals surface area contributed by atoms with Gasteiger partial charge in [-0.05, 0) is 36.2 Å². The highest BCUT2D eigenvalue weighted by molar-refractivity contribution is 5.81. The molecule has 19 heavy (non-hydrogen) atoms. The standard InChI is InChI=1S/C15H16N4/c1-10-4-3-7-17-14(10)15-18-12-8-11(9-16)5-6-13(12)19(15)2/h3-8H,9,16H2,1-2H3. The van der Waals surface area contributed by atoms with Gasteiger partial charge in [0, 0.05) is 19.8 Å². The van der Waals surface area contributed by atoms with Crippen molar-refractivity contribution >= 4 is 11.0 Å². The van der Waals surface area contributed by atoms with E-state index in [4.69, 9.17) is 10.7 Å². The van der Waals surface area contributed by atoms with Crippen LogP contribution in [0.4, 0.5) is 0 Å². The van der Waals surface area contributed by atoms with Gasteiger partial charge in [0.05, 0.1) is 11.0 Å². The molecule has 0 atom stereocenters. The average molecular weight is 252 g/mol. The average Bonchev–Trinajstić information content (AvgIpc) is 2.76. The molecule has 2 aromatic heterocycles. The summed E-state index contributed by atoms with van der Waals surface area (Å²) in [7, 11) is 2.01. The summed E-state index contributed by atoms with van der Waals surface area (Å²) in [5.41, 5.74) is 10.9. The Kier molecular flexibility index (Phi) is 2.80. The lowest BCUT2D eigenvalue weighted by molar-refractivity contribution is 0.947. The number of imidazole rings is 1. The van der Waals surface area contributed by atoms with Crippen LogP contribution in [0, 0.1) is 6.92 Å². The van der Waals surface area contributed by atoms with E-state index in [2.05, 4.69) is 15.6 Å². The third-order valence-corrected chi connectivity index (χ3v) is 3.40. The second-order valence-corrected chi connectivity index (χ2v) is 4.69. The van der Waals surface area contributed by atoms with Crippen molar-refractivity contribution in [3.63, 3.8) is 0 Å². The minimum Gasteiger partial charge on any atom is -0.326 e. The smallest absolute Gasteiger partial charge is 0.159 e. The molecule has 0 fully saturated rings. The fraction of sp³-hybridized carbons (Fsp3) is 0.200. The Balaban J connectivity index is 2.25. The highest BCUT2D eigenvalue weighted by Crippen LogP contribution is 2.24. The number of hydrogen-bond acceptors (Lipinski definition) is 3. The van der Waals surface area contributed by atoms with Gasteiger partial charge < -0.3 is 10.3 Å². The van der Waals surface area contributed by atoms with E-state index in [0.29, 0.717) is 6.54 Å². The summed E-state index contributed by atoms with van der Waals surface area (Å²) in [6.45, 7) is 2.58. The molecule has 0 amide bonds. The van der Waals surface area contributed by atoms with Gasteiger partial charge in [-0.15, -0.1) is 0 Å². The molecule has 3 rings (SSSR count). The van der Waals surface area contributed by atoms with Crippen LogP contribution in [-0.4, -0.2) is 14.5 Å². The van der Waals surface area contributed by atoms with Crippen molar-refractivity contribution in [1.82, 2.24) is 14.5 Å². The lowest BCUT2D eigenvalue weighted by Gasteiger charge is -2.04. The van der Waals surface area contributed by atoms with Crippen molar-refractivity contribution in [2.24, 2.45) is 12.8 Å². The van der Waals surface area contributed by atoms with Gasteiger partial charge in [-0.2, -0.15) is 0 Å². The molecule has 2 N–H and O–H groups in total. The maximum absolute atomic E-state index is 5.67. The molecule has 0 unspecified atom stereocenters. The molecule has 0 saturated carbocycles. The fourth-order valence-electron chi connectivity index (χ4n) is 2.30. The Hall–Kier alpha value is -2.20. The van der Waals surface area contributed by atoms with Gasteiger partial charge in [0.1, 0.15) is 5.69 Å². The Morgan fingerprint density at radius 2 is 2.11 bits per heavy atom. The molecule has 1 aromatic carbocycles. The third kappa shape index (κ3) is 1.90. The van der Waals surface area contributed by atoms with Gasteiger partial charge >= 0.3 is 0 Å². The topological polar surface area (TPSA) is 56.7 Å². The van der Waals surface area contributed by atoms with Gasteiger partial charge in [0.25, 0.3) is 0 Å². The highest BCUT2D eigenvalue weighted by Gasteiger charge is 2.12. The zero-order valence-electron chi connectivity index (χ0n) is 11.1. The number of aryl methyl sites for hydroxylation is 2. The van der Waals surface area contributed by atoms with Crippen LogP contribution < -0.4 is 5.73 Å². The van der Waals surface area contributed by atoms with Crippen molar-refractivity contribution in [3.8, 4) is 11.5 Å². The molecule has 3 aromatic rings. The molecule has 0 bridgehead atoms. The van der Waals surface area contributed by atoms with Crippen LogP contribution in [0.1, 0.15) is 11.1 Å². The molecule has 0 radical (unpaired) electrons. The number of nitrogens with zero attached hydrogens (tertiary/aromatic N) is 3. The first-order chi connectivity index (χ1) is 9.20. The maximum Gasteiger partial charge on any atom is 0.159 e. The summed E-state index contributed by atoms with van der Waals surface area (Å²) in [4.78, 5) is 9.14. The van der Waals surface area contributed by atoms with Crippen LogP contribution in [0.15, 0.2) is 36.5 Å². The summed E-state index contributed by atoms with van der Waals surface area (Å²) in [6, 6.07) is 10.1. The molecule has 2 heterocycles. The first-order valence-corrected chi connectivity index (χ1v) is 6.28. The van der Waals surface area contributed by atoms with E-state index in [0.717, 1.165) is 33.7 Å². The first-order valence-electron chi connectivity index (χ1n) is 6.28. The summed E-state index contributed by atoms with van der Waals surface area (Å²) >= 11 is 0. The quantitative estimate of drug-likeness (QED) is 0.762. The minimum absolute atomic E-state index is 0.532. The Bertz CT molecular complexity index is 743. The van der Waals surface area contributed by atoms with Crippen LogP contribution >= 0.6 is 0 Å². The molecule has 4 nitrogen and oxygen atoms in total. The van der Waals surface area contributed by atoms with E-state index >= 15 is 0 Å². The van der Waals surface area contributed by atoms with Crippen LogP contribution in [0.3, 0.4) is 0 Å². The summed E-state index contributed by atoms with van der Waals surface area (Å²) in [5.74, 6) is 0.891. The minimum atomic E-state index is 0.532. The Morgan fingerprint density at radius 1 is 1.26 bits per heavy atom. The SMILES string of the molecule is Cc1cccnc1-c1nc2cc(CN)ccc2n1C. The Morgan fingerprint density at radius 3 is 2.84 bits per heavy atom. The van der Waals surface area contributed by atoms with E-state index in [1.165, 1.54) is 0 Å². The number of pyridine rings is 1. The molecule has 4 heteroatoms. The van der Waals surface area contributed by atoms with Crippen LogP contribution in [-0.2, 0) is 13.6 Å². The van der Waals surface area contributed by atoms with Crippen molar-refractivity contribution < 1.29 is 0 Å². The maximum atomic E-state index is 5.67. The van der Waals surface area contributed by atoms with Crippen molar-refractivity contribution in [2.45, 2.75) is 13.5 Å². The van der Waals surface area contributed by atoms with Crippen molar-refractivity contribution in [3.05, 3.63) is 47.7 Å². The predicted molar refractivity (Wildman–Crippen MR) is 76.6 cm³/mol. The molecular weight excluding hydrogens is 236 g/mol. The van der Waals surface area contributed by atoms with Crippen LogP contribution in [0.25, 0.3) is 22.6 Å². The molecule has 0 saturated heterocycles. The number of hydrogen-bond donors (Lipinski definition) is 1. The number of rotatable bonds is 2. The predicted octanol–water partition coefficient (Wildman–Crippen LogP) is 2.40. The lowest BCUT2D eigenvalue weighted by atomic mass is 10.2. The van der Waals surface area contributed by atoms with Crippen molar-refractivity contribution in [1.29, 1.82) is 0 Å². The summed E-state index contributed by atoms with van der Waals surface area (Å²) < 4.78 is 2.07. The van der Waals surface area contributed by atoms with E-state index in [1.807, 2.05) is 38.2 Å². The van der Waals surface area contributed by atoms with E-state index in [9.17, 15) is 0 Å². The molecule has 0 spiro atoms. The van der Waals surface area contributed by atoms with Gasteiger partial charge in [-0.25, -0.2) is 4.98 Å². The largest absolute Gasteiger partial charge is 0.326 e. The van der Waals surface area contributed by atoms with Crippen LogP contribution in [0.5, 0.6) is 0 Å². The Labute approximate surface area is 111 Å². The molecule has 96 valence electrons. The number of nitrogens with two attached hydrogens (primary N) is 1. The fourth-order valence-corrected chi connectivity index (χ4v) is 2.30. The number of fused-ring (bicyclic) bond motifs is 1. The van der Waals surface area contributed by atoms with E-state index in [1.54, 1.807) is 6.20 Å². The number of benzene rings is 1. The molecular formula is C15H16N4. The second kappa shape index (κ2) is 4.48. The van der Waals surface area contributed by atoms with Gasteiger partial charge in [-0.1, -0.05) is 12.1 Å². The zero-order valence-corrected chi connectivity index (χ0v) is 11.1. The van der Waals surface area contributed by atoms with Crippen LogP contribution in [0.2, 0.25) is 0 Å². The van der Waals surface area contributed by atoms with E-state index < -0.39 is 0 Å². The third-order valence-electron chi connectivity index (χ3n) is 3.40. The van der Waals surface area contributed by atoms with E-state index in [-0.39, 0.29) is 0 Å². The van der Waals surface area contributed by atoms with Gasteiger partial charge in [0.2, 0.25) is 0 Å². The normalized spacial score (nSPS) is 11.1. The van der Waals surface area contributed by atoms with Gasteiger partial charge in [0.15, 0.2) is 5.82 Å². The summed E-state index contributed by atoms with van der Waals surface area (Å²) in [6.07, 6.45) is 1.80. The second-order valence-electron chi connectivity index (χ2n) is 4.69. The zero-order chi connectivity index (χ0) is 13.4. The number of aromatic nitrogens is 3. The molecule has 0 aliphatic rings. The highest BCUT2D eigenvalue weighted by atomic mass is 15.1. The van der Waals surface area contributed by atoms with Gasteiger partial charge in [-0.3, -0.25) is 4.98 Å². The molecule has 0 aliphatic carbocycles. The van der Waals surface area contributed by atoms with Crippen molar-refractivity contribution in [2.75, 3.05) is 0 Å². The first kappa shape index (κ1) is 11.9.